The average Bonchev–Trinajstić information content (AvgIpc) is 3.50. The van der Waals surface area contributed by atoms with Gasteiger partial charge < -0.3 is 19.3 Å². The number of nitrogens with zero attached hydrogens (tertiary/aromatic N) is 6. The molecule has 0 N–H and O–H groups in total. The molecule has 250 valence electrons. The number of hydrogen-bond acceptors (Lipinski definition) is 5. The van der Waals surface area contributed by atoms with Crippen LogP contribution < -0.4 is 0 Å². The first-order valence-electron chi connectivity index (χ1n) is 17.1. The van der Waals surface area contributed by atoms with Crippen LogP contribution in [0.5, 0.6) is 0 Å². The van der Waals surface area contributed by atoms with E-state index >= 15 is 0 Å². The molecule has 5 heterocycles. The van der Waals surface area contributed by atoms with Crippen LogP contribution in [0.4, 0.5) is 0 Å². The molecule has 2 aromatic carbocycles. The van der Waals surface area contributed by atoms with Crippen molar-refractivity contribution in [2.75, 3.05) is 52.4 Å². The summed E-state index contributed by atoms with van der Waals surface area (Å²) in [5.74, 6) is 0.399. The van der Waals surface area contributed by atoms with E-state index in [-0.39, 0.29) is 23.6 Å². The van der Waals surface area contributed by atoms with Gasteiger partial charge in [-0.15, -0.1) is 0 Å². The zero-order valence-corrected chi connectivity index (χ0v) is 28.5. The Kier molecular flexibility index (Phi) is 9.25. The molecule has 3 saturated heterocycles. The standard InChI is InChI=1S/C38H43ClN6O3/c1-26(46)42-15-10-28(11-16-42)37(47)44-17-12-33(13-18-44)43-19-21-45(22-20-43)38(48)31-24-34(27-3-6-32(39)7-4-27)40-35(25-31)29-5-8-36-30(23-29)9-14-41(36)2/h3-9,14,23-25,28,33H,10-13,15-22H2,1-2H3. The lowest BCUT2D eigenvalue weighted by Gasteiger charge is -2.43. The van der Waals surface area contributed by atoms with Crippen molar-refractivity contribution < 1.29 is 14.4 Å². The van der Waals surface area contributed by atoms with Gasteiger partial charge in [-0.05, 0) is 68.1 Å². The SMILES string of the molecule is CC(=O)N1CCC(C(=O)N2CCC(N3CCN(C(=O)c4cc(-c5ccc(Cl)cc5)nc(-c5ccc6c(ccn6C)c5)c4)CC3)CC2)CC1. The highest BCUT2D eigenvalue weighted by molar-refractivity contribution is 6.30. The van der Waals surface area contributed by atoms with Crippen LogP contribution in [0.15, 0.2) is 66.9 Å². The molecule has 0 radical (unpaired) electrons. The number of benzene rings is 2. The Labute approximate surface area is 287 Å². The second-order valence-electron chi connectivity index (χ2n) is 13.5. The van der Waals surface area contributed by atoms with E-state index in [1.54, 1.807) is 6.92 Å². The second-order valence-corrected chi connectivity index (χ2v) is 13.9. The number of rotatable bonds is 5. The molecule has 0 aliphatic carbocycles. The van der Waals surface area contributed by atoms with Crippen LogP contribution in [0.3, 0.4) is 0 Å². The quantitative estimate of drug-likeness (QED) is 0.278. The maximum Gasteiger partial charge on any atom is 0.254 e. The first-order chi connectivity index (χ1) is 23.2. The predicted octanol–water partition coefficient (Wildman–Crippen LogP) is 5.57. The average molecular weight is 667 g/mol. The normalized spacial score (nSPS) is 18.4. The van der Waals surface area contributed by atoms with Gasteiger partial charge in [0.15, 0.2) is 0 Å². The Morgan fingerprint density at radius 3 is 2.00 bits per heavy atom. The summed E-state index contributed by atoms with van der Waals surface area (Å²) in [4.78, 5) is 52.3. The Bertz CT molecular complexity index is 1810. The molecule has 0 atom stereocenters. The summed E-state index contributed by atoms with van der Waals surface area (Å²) in [6.45, 7) is 7.48. The van der Waals surface area contributed by atoms with Crippen LogP contribution in [0.1, 0.15) is 43.0 Å². The predicted molar refractivity (Wildman–Crippen MR) is 189 cm³/mol. The third-order valence-electron chi connectivity index (χ3n) is 10.6. The summed E-state index contributed by atoms with van der Waals surface area (Å²) in [7, 11) is 2.03. The zero-order chi connectivity index (χ0) is 33.4. The molecule has 0 bridgehead atoms. The van der Waals surface area contributed by atoms with Crippen molar-refractivity contribution in [3.8, 4) is 22.5 Å². The van der Waals surface area contributed by atoms with Gasteiger partial charge in [0.05, 0.1) is 11.4 Å². The first kappa shape index (κ1) is 32.3. The molecular weight excluding hydrogens is 624 g/mol. The number of likely N-dealkylation sites (tertiary alicyclic amines) is 2. The minimum Gasteiger partial charge on any atom is -0.351 e. The van der Waals surface area contributed by atoms with Gasteiger partial charge in [0.25, 0.3) is 5.91 Å². The number of piperazine rings is 1. The summed E-state index contributed by atoms with van der Waals surface area (Å²) in [5.41, 5.74) is 5.16. The Morgan fingerprint density at radius 1 is 0.708 bits per heavy atom. The molecule has 3 aliphatic heterocycles. The number of pyridine rings is 1. The van der Waals surface area contributed by atoms with Crippen molar-refractivity contribution >= 4 is 40.2 Å². The highest BCUT2D eigenvalue weighted by Gasteiger charge is 2.34. The summed E-state index contributed by atoms with van der Waals surface area (Å²) in [6.07, 6.45) is 5.48. The number of aryl methyl sites for hydroxylation is 1. The minimum absolute atomic E-state index is 0.0190. The fraction of sp³-hybridized carbons (Fsp3) is 0.421. The van der Waals surface area contributed by atoms with Crippen molar-refractivity contribution in [3.05, 3.63) is 77.4 Å². The molecule has 0 saturated carbocycles. The zero-order valence-electron chi connectivity index (χ0n) is 27.8. The third kappa shape index (κ3) is 6.71. The molecule has 2 aromatic heterocycles. The van der Waals surface area contributed by atoms with Gasteiger partial charge in [-0.3, -0.25) is 19.3 Å². The fourth-order valence-corrected chi connectivity index (χ4v) is 7.76. The summed E-state index contributed by atoms with van der Waals surface area (Å²) in [5, 5.41) is 1.78. The van der Waals surface area contributed by atoms with Crippen LogP contribution in [-0.4, -0.2) is 105 Å². The van der Waals surface area contributed by atoms with Crippen molar-refractivity contribution in [2.45, 2.75) is 38.6 Å². The lowest BCUT2D eigenvalue weighted by Crippen LogP contribution is -2.55. The van der Waals surface area contributed by atoms with Crippen LogP contribution in [-0.2, 0) is 16.6 Å². The number of aromatic nitrogens is 2. The Balaban J connectivity index is 1.00. The van der Waals surface area contributed by atoms with Gasteiger partial charge in [0, 0.05) is 117 Å². The van der Waals surface area contributed by atoms with Gasteiger partial charge in [-0.25, -0.2) is 4.98 Å². The minimum atomic E-state index is 0.0190. The molecule has 3 amide bonds. The van der Waals surface area contributed by atoms with Crippen molar-refractivity contribution in [3.63, 3.8) is 0 Å². The molecule has 4 aromatic rings. The van der Waals surface area contributed by atoms with Crippen molar-refractivity contribution in [1.82, 2.24) is 29.2 Å². The van der Waals surface area contributed by atoms with Crippen molar-refractivity contribution in [1.29, 1.82) is 0 Å². The molecular formula is C38H43ClN6O3. The second kappa shape index (κ2) is 13.7. The summed E-state index contributed by atoms with van der Waals surface area (Å²) < 4.78 is 2.09. The van der Waals surface area contributed by atoms with Crippen LogP contribution >= 0.6 is 11.6 Å². The molecule has 3 fully saturated rings. The van der Waals surface area contributed by atoms with Gasteiger partial charge in [0.2, 0.25) is 11.8 Å². The maximum atomic E-state index is 14.0. The van der Waals surface area contributed by atoms with E-state index in [4.69, 9.17) is 16.6 Å². The van der Waals surface area contributed by atoms with Gasteiger partial charge in [-0.2, -0.15) is 0 Å². The Hall–Kier alpha value is -4.21. The number of piperidine rings is 2. The van der Waals surface area contributed by atoms with E-state index in [0.717, 1.165) is 85.3 Å². The molecule has 7 rings (SSSR count). The highest BCUT2D eigenvalue weighted by atomic mass is 35.5. The molecule has 10 heteroatoms. The van der Waals surface area contributed by atoms with Crippen LogP contribution in [0, 0.1) is 5.92 Å². The largest absolute Gasteiger partial charge is 0.351 e. The highest BCUT2D eigenvalue weighted by Crippen LogP contribution is 2.30. The number of amides is 3. The van der Waals surface area contributed by atoms with Gasteiger partial charge >= 0.3 is 0 Å². The maximum absolute atomic E-state index is 14.0. The van der Waals surface area contributed by atoms with E-state index < -0.39 is 0 Å². The molecule has 3 aliphatic rings. The number of hydrogen-bond donors (Lipinski definition) is 0. The lowest BCUT2D eigenvalue weighted by atomic mass is 9.93. The molecule has 48 heavy (non-hydrogen) atoms. The Morgan fingerprint density at radius 2 is 1.33 bits per heavy atom. The smallest absolute Gasteiger partial charge is 0.254 e. The van der Waals surface area contributed by atoms with Gasteiger partial charge in [0.1, 0.15) is 0 Å². The van der Waals surface area contributed by atoms with E-state index in [9.17, 15) is 14.4 Å². The molecule has 9 nitrogen and oxygen atoms in total. The topological polar surface area (TPSA) is 82.0 Å². The summed E-state index contributed by atoms with van der Waals surface area (Å²) in [6, 6.07) is 20.2. The number of carbonyl (C=O) groups is 3. The van der Waals surface area contributed by atoms with Crippen LogP contribution in [0.25, 0.3) is 33.4 Å². The van der Waals surface area contributed by atoms with E-state index in [0.29, 0.717) is 42.8 Å². The van der Waals surface area contributed by atoms with E-state index in [1.807, 2.05) is 64.3 Å². The fourth-order valence-electron chi connectivity index (χ4n) is 7.64. The number of carbonyl (C=O) groups excluding carboxylic acids is 3. The number of fused-ring (bicyclic) bond motifs is 1. The number of halogens is 1. The van der Waals surface area contributed by atoms with E-state index in [2.05, 4.69) is 33.7 Å². The van der Waals surface area contributed by atoms with Crippen molar-refractivity contribution in [2.24, 2.45) is 13.0 Å². The molecule has 0 spiro atoms. The van der Waals surface area contributed by atoms with E-state index in [1.165, 1.54) is 0 Å². The summed E-state index contributed by atoms with van der Waals surface area (Å²) >= 11 is 6.19. The molecule has 0 unspecified atom stereocenters. The lowest BCUT2D eigenvalue weighted by molar-refractivity contribution is -0.141. The third-order valence-corrected chi connectivity index (χ3v) is 10.8. The van der Waals surface area contributed by atoms with Gasteiger partial charge in [-0.1, -0.05) is 29.8 Å². The first-order valence-corrected chi connectivity index (χ1v) is 17.5. The monoisotopic (exact) mass is 666 g/mol. The van der Waals surface area contributed by atoms with Crippen LogP contribution in [0.2, 0.25) is 5.02 Å².